The Bertz CT molecular complexity index is 1070. The fourth-order valence-electron chi connectivity index (χ4n) is 4.36. The molecule has 0 radical (unpaired) electrons. The van der Waals surface area contributed by atoms with Crippen molar-refractivity contribution < 1.29 is 23.9 Å². The van der Waals surface area contributed by atoms with E-state index in [1.165, 1.54) is 12.0 Å². The quantitative estimate of drug-likeness (QED) is 0.398. The van der Waals surface area contributed by atoms with E-state index in [1.54, 1.807) is 30.3 Å². The summed E-state index contributed by atoms with van der Waals surface area (Å²) in [6.45, 7) is 3.64. The van der Waals surface area contributed by atoms with E-state index in [2.05, 4.69) is 0 Å². The summed E-state index contributed by atoms with van der Waals surface area (Å²) in [5.41, 5.74) is 1.46. The molecule has 7 nitrogen and oxygen atoms in total. The maximum absolute atomic E-state index is 13.3. The molecule has 0 saturated carbocycles. The van der Waals surface area contributed by atoms with E-state index in [9.17, 15) is 19.2 Å². The van der Waals surface area contributed by atoms with Crippen molar-refractivity contribution in [2.45, 2.75) is 32.0 Å². The summed E-state index contributed by atoms with van der Waals surface area (Å²) in [5.74, 6) is -2.21. The molecular formula is C25H24N2O5. The highest BCUT2D eigenvalue weighted by molar-refractivity contribution is 6.23. The summed E-state index contributed by atoms with van der Waals surface area (Å²) in [4.78, 5) is 54.3. The van der Waals surface area contributed by atoms with Crippen molar-refractivity contribution in [3.63, 3.8) is 0 Å². The largest absolute Gasteiger partial charge is 0.467 e. The highest BCUT2D eigenvalue weighted by Gasteiger charge is 2.58. The third-order valence-corrected chi connectivity index (χ3v) is 5.92. The molecule has 0 spiro atoms. The van der Waals surface area contributed by atoms with Gasteiger partial charge in [0.1, 0.15) is 12.1 Å². The second kappa shape index (κ2) is 8.42. The lowest BCUT2D eigenvalue weighted by Gasteiger charge is -2.51. The molecule has 0 aromatic heterocycles. The van der Waals surface area contributed by atoms with Crippen LogP contribution in [0, 0.1) is 5.92 Å². The monoisotopic (exact) mass is 432 g/mol. The van der Waals surface area contributed by atoms with Crippen molar-refractivity contribution in [3.8, 4) is 0 Å². The number of benzene rings is 2. The lowest BCUT2D eigenvalue weighted by Crippen LogP contribution is -2.74. The molecule has 2 aliphatic heterocycles. The van der Waals surface area contributed by atoms with Gasteiger partial charge in [0.2, 0.25) is 5.91 Å². The molecular weight excluding hydrogens is 408 g/mol. The number of fused-ring (bicyclic) bond motifs is 1. The van der Waals surface area contributed by atoms with Gasteiger partial charge < -0.3 is 9.64 Å². The molecule has 3 atom stereocenters. The first-order valence-electron chi connectivity index (χ1n) is 10.5. The van der Waals surface area contributed by atoms with Crippen molar-refractivity contribution in [2.75, 3.05) is 7.11 Å². The number of β-lactam (4-membered cyclic amide) rings is 1. The van der Waals surface area contributed by atoms with E-state index in [-0.39, 0.29) is 17.0 Å². The van der Waals surface area contributed by atoms with E-state index < -0.39 is 41.8 Å². The molecule has 0 N–H and O–H groups in total. The predicted octanol–water partition coefficient (Wildman–Crippen LogP) is 2.77. The minimum absolute atomic E-state index is 0.220. The van der Waals surface area contributed by atoms with E-state index in [0.29, 0.717) is 0 Å². The van der Waals surface area contributed by atoms with E-state index in [1.807, 2.05) is 50.3 Å². The van der Waals surface area contributed by atoms with Gasteiger partial charge in [-0.1, -0.05) is 68.5 Å². The Morgan fingerprint density at radius 1 is 0.938 bits per heavy atom. The Hall–Kier alpha value is -3.74. The number of amides is 3. The molecule has 32 heavy (non-hydrogen) atoms. The summed E-state index contributed by atoms with van der Waals surface area (Å²) in [6, 6.07) is 13.5. The number of ether oxygens (including phenoxy) is 1. The van der Waals surface area contributed by atoms with Gasteiger partial charge in [-0.3, -0.25) is 19.3 Å². The molecule has 1 fully saturated rings. The smallest absolute Gasteiger partial charge is 0.328 e. The Morgan fingerprint density at radius 3 is 2.03 bits per heavy atom. The van der Waals surface area contributed by atoms with Crippen LogP contribution in [0.25, 0.3) is 6.08 Å². The Balaban J connectivity index is 1.72. The maximum Gasteiger partial charge on any atom is 0.328 e. The van der Waals surface area contributed by atoms with Gasteiger partial charge >= 0.3 is 5.97 Å². The summed E-state index contributed by atoms with van der Waals surface area (Å²) < 4.78 is 4.94. The van der Waals surface area contributed by atoms with Gasteiger partial charge in [0, 0.05) is 0 Å². The van der Waals surface area contributed by atoms with E-state index in [0.717, 1.165) is 10.5 Å². The first-order chi connectivity index (χ1) is 15.4. The van der Waals surface area contributed by atoms with Crippen LogP contribution in [0.5, 0.6) is 0 Å². The second-order valence-electron chi connectivity index (χ2n) is 8.19. The SMILES string of the molecule is COC(=O)[C@H](C(C)C)N1C(=O)C(N2C(=O)c3ccccc3C2=O)C1C=Cc1ccccc1. The van der Waals surface area contributed by atoms with Crippen LogP contribution in [-0.2, 0) is 14.3 Å². The third-order valence-electron chi connectivity index (χ3n) is 5.92. The number of carbonyl (C=O) groups is 4. The summed E-state index contributed by atoms with van der Waals surface area (Å²) >= 11 is 0. The van der Waals surface area contributed by atoms with Crippen LogP contribution in [0.2, 0.25) is 0 Å². The van der Waals surface area contributed by atoms with Crippen molar-refractivity contribution in [1.29, 1.82) is 0 Å². The van der Waals surface area contributed by atoms with Crippen molar-refractivity contribution >= 4 is 29.8 Å². The average Bonchev–Trinajstić information content (AvgIpc) is 3.05. The van der Waals surface area contributed by atoms with Crippen LogP contribution < -0.4 is 0 Å². The standard InChI is InChI=1S/C25H24N2O5/c1-15(2)20(25(31)32-3)26-19(14-13-16-9-5-4-6-10-16)21(24(26)30)27-22(28)17-11-7-8-12-18(17)23(27)29/h4-15,19-21H,1-3H3/t19?,20-,21?/m0/s1. The fourth-order valence-corrected chi connectivity index (χ4v) is 4.36. The first-order valence-corrected chi connectivity index (χ1v) is 10.5. The minimum Gasteiger partial charge on any atom is -0.467 e. The zero-order valence-corrected chi connectivity index (χ0v) is 18.1. The number of likely N-dealkylation sites (tertiary alicyclic amines) is 1. The number of rotatable bonds is 6. The number of methoxy groups -OCH3 is 1. The van der Waals surface area contributed by atoms with Crippen LogP contribution in [-0.4, -0.2) is 58.7 Å². The third kappa shape index (κ3) is 3.39. The molecule has 0 bridgehead atoms. The van der Waals surface area contributed by atoms with Gasteiger partial charge in [0.25, 0.3) is 11.8 Å². The predicted molar refractivity (Wildman–Crippen MR) is 117 cm³/mol. The van der Waals surface area contributed by atoms with Crippen molar-refractivity contribution in [2.24, 2.45) is 5.92 Å². The highest BCUT2D eigenvalue weighted by Crippen LogP contribution is 2.36. The second-order valence-corrected chi connectivity index (χ2v) is 8.19. The average molecular weight is 432 g/mol. The Kier molecular flexibility index (Phi) is 5.65. The zero-order valence-electron chi connectivity index (χ0n) is 18.1. The summed E-state index contributed by atoms with van der Waals surface area (Å²) in [6.07, 6.45) is 3.59. The van der Waals surface area contributed by atoms with Gasteiger partial charge in [0.05, 0.1) is 24.3 Å². The maximum atomic E-state index is 13.3. The van der Waals surface area contributed by atoms with Crippen molar-refractivity contribution in [3.05, 3.63) is 77.4 Å². The van der Waals surface area contributed by atoms with Crippen LogP contribution in [0.1, 0.15) is 40.1 Å². The molecule has 2 unspecified atom stereocenters. The number of hydrogen-bond donors (Lipinski definition) is 0. The van der Waals surface area contributed by atoms with Crippen LogP contribution >= 0.6 is 0 Å². The Morgan fingerprint density at radius 2 is 1.50 bits per heavy atom. The Labute approximate surface area is 186 Å². The normalized spacial score (nSPS) is 21.2. The molecule has 4 rings (SSSR count). The lowest BCUT2D eigenvalue weighted by atomic mass is 9.86. The highest BCUT2D eigenvalue weighted by atomic mass is 16.5. The number of hydrogen-bond acceptors (Lipinski definition) is 5. The van der Waals surface area contributed by atoms with Gasteiger partial charge in [-0.25, -0.2) is 4.79 Å². The molecule has 2 aromatic carbocycles. The van der Waals surface area contributed by atoms with Crippen LogP contribution in [0.3, 0.4) is 0 Å². The fraction of sp³-hybridized carbons (Fsp3) is 0.280. The van der Waals surface area contributed by atoms with Gasteiger partial charge in [-0.2, -0.15) is 0 Å². The van der Waals surface area contributed by atoms with Crippen LogP contribution in [0.15, 0.2) is 60.7 Å². The minimum atomic E-state index is -1.02. The molecule has 7 heteroatoms. The number of nitrogens with zero attached hydrogens (tertiary/aromatic N) is 2. The first kappa shape index (κ1) is 21.5. The van der Waals surface area contributed by atoms with E-state index in [4.69, 9.17) is 4.74 Å². The summed E-state index contributed by atoms with van der Waals surface area (Å²) in [5, 5.41) is 0. The van der Waals surface area contributed by atoms with E-state index >= 15 is 0 Å². The zero-order chi connectivity index (χ0) is 23.0. The summed E-state index contributed by atoms with van der Waals surface area (Å²) in [7, 11) is 1.28. The molecule has 1 saturated heterocycles. The van der Waals surface area contributed by atoms with Crippen molar-refractivity contribution in [1.82, 2.24) is 9.80 Å². The molecule has 164 valence electrons. The molecule has 0 aliphatic carbocycles. The topological polar surface area (TPSA) is 84.0 Å². The van der Waals surface area contributed by atoms with Crippen LogP contribution in [0.4, 0.5) is 0 Å². The van der Waals surface area contributed by atoms with Gasteiger partial charge in [0.15, 0.2) is 0 Å². The molecule has 2 aliphatic rings. The van der Waals surface area contributed by atoms with Gasteiger partial charge in [-0.15, -0.1) is 0 Å². The number of imide groups is 1. The molecule has 2 aromatic rings. The number of esters is 1. The molecule has 3 amide bonds. The molecule has 2 heterocycles. The lowest BCUT2D eigenvalue weighted by molar-refractivity contribution is -0.170. The van der Waals surface area contributed by atoms with Gasteiger partial charge in [-0.05, 0) is 23.6 Å². The number of carbonyl (C=O) groups excluding carboxylic acids is 4.